The molecule has 2 rings (SSSR count). The van der Waals surface area contributed by atoms with E-state index in [1.165, 1.54) is 0 Å². The fourth-order valence-corrected chi connectivity index (χ4v) is 2.00. The van der Waals surface area contributed by atoms with E-state index in [1.807, 2.05) is 49.4 Å². The smallest absolute Gasteiger partial charge is 0.188 e. The lowest BCUT2D eigenvalue weighted by molar-refractivity contribution is 0.0521. The van der Waals surface area contributed by atoms with Crippen molar-refractivity contribution in [3.8, 4) is 0 Å². The number of hydrogen-bond acceptors (Lipinski definition) is 2. The lowest BCUT2D eigenvalue weighted by atomic mass is 10.1. The summed E-state index contributed by atoms with van der Waals surface area (Å²) >= 11 is 3.34. The molecule has 0 N–H and O–H groups in total. The van der Waals surface area contributed by atoms with Gasteiger partial charge in [-0.2, -0.15) is 0 Å². The zero-order valence-electron chi connectivity index (χ0n) is 10.7. The number of ketones is 1. The highest BCUT2D eigenvalue weighted by Gasteiger charge is 2.10. The molecule has 0 saturated carbocycles. The number of hydrogen-bond donors (Lipinski definition) is 0. The van der Waals surface area contributed by atoms with Crippen molar-refractivity contribution in [3.63, 3.8) is 0 Å². The summed E-state index contributed by atoms with van der Waals surface area (Å²) in [5, 5.41) is 0. The first kappa shape index (κ1) is 14.0. The number of carbonyl (C=O) groups excluding carboxylic acids is 1. The van der Waals surface area contributed by atoms with Gasteiger partial charge in [-0.25, -0.2) is 0 Å². The van der Waals surface area contributed by atoms with E-state index in [0.717, 1.165) is 10.0 Å². The molecule has 0 aliphatic rings. The Balaban J connectivity index is 1.92. The molecule has 0 spiro atoms. The maximum absolute atomic E-state index is 12.0. The van der Waals surface area contributed by atoms with E-state index >= 15 is 0 Å². The summed E-state index contributed by atoms with van der Waals surface area (Å²) in [5.74, 6) is -0.00437. The molecule has 2 nitrogen and oxygen atoms in total. The molecule has 2 aromatic rings. The molecule has 0 radical (unpaired) electrons. The summed E-state index contributed by atoms with van der Waals surface area (Å²) in [5.41, 5.74) is 1.74. The highest BCUT2D eigenvalue weighted by atomic mass is 79.9. The Labute approximate surface area is 121 Å². The van der Waals surface area contributed by atoms with Crippen molar-refractivity contribution in [1.29, 1.82) is 0 Å². The molecule has 0 amide bonds. The molecule has 0 aliphatic heterocycles. The Morgan fingerprint density at radius 1 is 1.11 bits per heavy atom. The van der Waals surface area contributed by atoms with Crippen LogP contribution >= 0.6 is 15.9 Å². The van der Waals surface area contributed by atoms with E-state index < -0.39 is 0 Å². The first-order valence-electron chi connectivity index (χ1n) is 6.12. The highest BCUT2D eigenvalue weighted by Crippen LogP contribution is 2.17. The molecule has 1 unspecified atom stereocenters. The van der Waals surface area contributed by atoms with Crippen LogP contribution in [0.2, 0.25) is 0 Å². The molecular weight excluding hydrogens is 304 g/mol. The van der Waals surface area contributed by atoms with Gasteiger partial charge in [-0.05, 0) is 24.6 Å². The van der Waals surface area contributed by atoms with Crippen LogP contribution in [0.5, 0.6) is 0 Å². The van der Waals surface area contributed by atoms with Crippen LogP contribution in [0.3, 0.4) is 0 Å². The Morgan fingerprint density at radius 3 is 2.37 bits per heavy atom. The molecular formula is C16H15BrO2. The van der Waals surface area contributed by atoms with Crippen LogP contribution in [-0.4, -0.2) is 12.4 Å². The highest BCUT2D eigenvalue weighted by molar-refractivity contribution is 9.10. The Kier molecular flexibility index (Phi) is 4.88. The number of halogens is 1. The summed E-state index contributed by atoms with van der Waals surface area (Å²) in [6.07, 6.45) is -0.0828. The maximum Gasteiger partial charge on any atom is 0.188 e. The third-order valence-corrected chi connectivity index (χ3v) is 3.43. The Bertz CT molecular complexity index is 534. The van der Waals surface area contributed by atoms with Crippen molar-refractivity contribution in [2.75, 3.05) is 6.61 Å². The number of Topliss-reactive ketones (excluding diaryl/α,β-unsaturated/α-hetero) is 1. The normalized spacial score (nSPS) is 12.1. The second-order valence-electron chi connectivity index (χ2n) is 4.29. The summed E-state index contributed by atoms with van der Waals surface area (Å²) < 4.78 is 6.57. The number of benzene rings is 2. The van der Waals surface area contributed by atoms with E-state index in [9.17, 15) is 4.79 Å². The van der Waals surface area contributed by atoms with Crippen molar-refractivity contribution < 1.29 is 9.53 Å². The molecule has 1 atom stereocenters. The van der Waals surface area contributed by atoms with Crippen LogP contribution < -0.4 is 0 Å². The summed E-state index contributed by atoms with van der Waals surface area (Å²) in [6.45, 7) is 2.04. The summed E-state index contributed by atoms with van der Waals surface area (Å²) in [6, 6.07) is 17.2. The quantitative estimate of drug-likeness (QED) is 0.763. The van der Waals surface area contributed by atoms with Gasteiger partial charge in [-0.3, -0.25) is 4.79 Å². The average Bonchev–Trinajstić information content (AvgIpc) is 2.46. The minimum absolute atomic E-state index is 0.00437. The van der Waals surface area contributed by atoms with E-state index in [0.29, 0.717) is 5.56 Å². The molecule has 3 heteroatoms. The topological polar surface area (TPSA) is 26.3 Å². The van der Waals surface area contributed by atoms with Crippen LogP contribution in [0.25, 0.3) is 0 Å². The third-order valence-electron chi connectivity index (χ3n) is 2.90. The van der Waals surface area contributed by atoms with Gasteiger partial charge in [-0.1, -0.05) is 58.4 Å². The molecule has 0 aliphatic carbocycles. The number of rotatable bonds is 5. The van der Waals surface area contributed by atoms with Crippen molar-refractivity contribution >= 4 is 21.7 Å². The monoisotopic (exact) mass is 318 g/mol. The Hall–Kier alpha value is -1.45. The van der Waals surface area contributed by atoms with E-state index in [2.05, 4.69) is 15.9 Å². The van der Waals surface area contributed by atoms with Crippen LogP contribution in [0.1, 0.15) is 28.9 Å². The first-order valence-corrected chi connectivity index (χ1v) is 6.91. The predicted molar refractivity (Wildman–Crippen MR) is 79.3 cm³/mol. The second kappa shape index (κ2) is 6.64. The fourth-order valence-electron chi connectivity index (χ4n) is 1.74. The molecule has 0 aromatic heterocycles. The average molecular weight is 319 g/mol. The largest absolute Gasteiger partial charge is 0.366 e. The zero-order valence-corrected chi connectivity index (χ0v) is 12.3. The van der Waals surface area contributed by atoms with Crippen molar-refractivity contribution in [3.05, 3.63) is 70.2 Å². The SMILES string of the molecule is CC(OCC(=O)c1ccc(Br)cc1)c1ccccc1. The van der Waals surface area contributed by atoms with Gasteiger partial charge >= 0.3 is 0 Å². The van der Waals surface area contributed by atoms with Crippen molar-refractivity contribution in [1.82, 2.24) is 0 Å². The van der Waals surface area contributed by atoms with E-state index in [-0.39, 0.29) is 18.5 Å². The van der Waals surface area contributed by atoms with Gasteiger partial charge in [0.1, 0.15) is 6.61 Å². The van der Waals surface area contributed by atoms with Gasteiger partial charge in [0.15, 0.2) is 5.78 Å². The van der Waals surface area contributed by atoms with Crippen LogP contribution in [0.15, 0.2) is 59.1 Å². The van der Waals surface area contributed by atoms with Gasteiger partial charge in [0.25, 0.3) is 0 Å². The first-order chi connectivity index (χ1) is 9.16. The van der Waals surface area contributed by atoms with Gasteiger partial charge < -0.3 is 4.74 Å². The van der Waals surface area contributed by atoms with Crippen molar-refractivity contribution in [2.45, 2.75) is 13.0 Å². The van der Waals surface area contributed by atoms with Crippen LogP contribution in [-0.2, 0) is 4.74 Å². The minimum atomic E-state index is -0.0828. The standard InChI is InChI=1S/C16H15BrO2/c1-12(13-5-3-2-4-6-13)19-11-16(18)14-7-9-15(17)10-8-14/h2-10,12H,11H2,1H3. The minimum Gasteiger partial charge on any atom is -0.366 e. The number of ether oxygens (including phenoxy) is 1. The predicted octanol–water partition coefficient (Wildman–Crippen LogP) is 4.41. The van der Waals surface area contributed by atoms with Crippen LogP contribution in [0, 0.1) is 0 Å². The molecule has 0 fully saturated rings. The third kappa shape index (κ3) is 4.01. The zero-order chi connectivity index (χ0) is 13.7. The number of carbonyl (C=O) groups is 1. The van der Waals surface area contributed by atoms with Gasteiger partial charge in [0.2, 0.25) is 0 Å². The summed E-state index contributed by atoms with van der Waals surface area (Å²) in [4.78, 5) is 12.0. The van der Waals surface area contributed by atoms with Crippen molar-refractivity contribution in [2.24, 2.45) is 0 Å². The summed E-state index contributed by atoms with van der Waals surface area (Å²) in [7, 11) is 0. The van der Waals surface area contributed by atoms with Gasteiger partial charge in [0, 0.05) is 10.0 Å². The van der Waals surface area contributed by atoms with Crippen LogP contribution in [0.4, 0.5) is 0 Å². The van der Waals surface area contributed by atoms with Gasteiger partial charge in [-0.15, -0.1) is 0 Å². The fraction of sp³-hybridized carbons (Fsp3) is 0.188. The maximum atomic E-state index is 12.0. The molecule has 0 saturated heterocycles. The molecule has 0 heterocycles. The molecule has 0 bridgehead atoms. The lowest BCUT2D eigenvalue weighted by Gasteiger charge is -2.12. The molecule has 2 aromatic carbocycles. The second-order valence-corrected chi connectivity index (χ2v) is 5.21. The van der Waals surface area contributed by atoms with E-state index in [1.54, 1.807) is 12.1 Å². The molecule has 98 valence electrons. The lowest BCUT2D eigenvalue weighted by Crippen LogP contribution is -2.11. The Morgan fingerprint density at radius 2 is 1.74 bits per heavy atom. The van der Waals surface area contributed by atoms with E-state index in [4.69, 9.17) is 4.74 Å². The molecule has 19 heavy (non-hydrogen) atoms. The van der Waals surface area contributed by atoms with Gasteiger partial charge in [0.05, 0.1) is 6.10 Å².